The second kappa shape index (κ2) is 10.5. The number of aromatic nitrogens is 2. The standard InChI is InChI=1S/C19H35N5O2/c1-5-20-19(21-10-18(25)14-26-13-15(2)3)24-7-6-16(12-24)8-17-9-22-23(4)11-17/h9,11,15-16,18,25H,5-8,10,12-14H2,1-4H3,(H,20,21). The Labute approximate surface area is 157 Å². The van der Waals surface area contributed by atoms with Crippen molar-refractivity contribution >= 4 is 5.96 Å². The Hall–Kier alpha value is -1.60. The Morgan fingerprint density at radius 2 is 2.27 bits per heavy atom. The predicted molar refractivity (Wildman–Crippen MR) is 104 cm³/mol. The number of ether oxygens (including phenoxy) is 1. The van der Waals surface area contributed by atoms with E-state index in [1.165, 1.54) is 5.56 Å². The number of nitrogens with one attached hydrogen (secondary N) is 1. The van der Waals surface area contributed by atoms with Crippen molar-refractivity contribution in [1.29, 1.82) is 0 Å². The quantitative estimate of drug-likeness (QED) is 0.509. The first-order valence-corrected chi connectivity index (χ1v) is 9.74. The van der Waals surface area contributed by atoms with Gasteiger partial charge in [-0.05, 0) is 37.2 Å². The van der Waals surface area contributed by atoms with Crippen LogP contribution in [-0.4, -0.2) is 71.2 Å². The minimum Gasteiger partial charge on any atom is -0.389 e. The maximum absolute atomic E-state index is 10.1. The summed E-state index contributed by atoms with van der Waals surface area (Å²) in [7, 11) is 1.95. The Morgan fingerprint density at radius 3 is 2.92 bits per heavy atom. The molecule has 26 heavy (non-hydrogen) atoms. The highest BCUT2D eigenvalue weighted by atomic mass is 16.5. The number of hydrogen-bond donors (Lipinski definition) is 2. The van der Waals surface area contributed by atoms with Crippen LogP contribution in [0.2, 0.25) is 0 Å². The van der Waals surface area contributed by atoms with Crippen molar-refractivity contribution in [3.63, 3.8) is 0 Å². The van der Waals surface area contributed by atoms with Gasteiger partial charge in [-0.25, -0.2) is 0 Å². The van der Waals surface area contributed by atoms with Crippen molar-refractivity contribution in [3.05, 3.63) is 18.0 Å². The smallest absolute Gasteiger partial charge is 0.194 e. The van der Waals surface area contributed by atoms with Gasteiger partial charge in [-0.3, -0.25) is 9.67 Å². The van der Waals surface area contributed by atoms with Gasteiger partial charge in [0.1, 0.15) is 0 Å². The van der Waals surface area contributed by atoms with Gasteiger partial charge in [-0.2, -0.15) is 5.10 Å². The summed E-state index contributed by atoms with van der Waals surface area (Å²) in [5.41, 5.74) is 1.29. The molecule has 1 aromatic heterocycles. The zero-order chi connectivity index (χ0) is 18.9. The fourth-order valence-electron chi connectivity index (χ4n) is 3.21. The summed E-state index contributed by atoms with van der Waals surface area (Å²) < 4.78 is 7.36. The van der Waals surface area contributed by atoms with Crippen molar-refractivity contribution in [2.75, 3.05) is 39.4 Å². The van der Waals surface area contributed by atoms with Gasteiger partial charge in [0.15, 0.2) is 5.96 Å². The number of aryl methyl sites for hydroxylation is 1. The molecule has 0 radical (unpaired) electrons. The topological polar surface area (TPSA) is 74.9 Å². The third kappa shape index (κ3) is 6.96. The van der Waals surface area contributed by atoms with Crippen LogP contribution in [0.1, 0.15) is 32.8 Å². The number of aliphatic hydroxyl groups is 1. The zero-order valence-electron chi connectivity index (χ0n) is 16.7. The molecule has 0 amide bonds. The third-order valence-corrected chi connectivity index (χ3v) is 4.42. The average Bonchev–Trinajstić information content (AvgIpc) is 3.20. The second-order valence-corrected chi connectivity index (χ2v) is 7.61. The molecule has 7 nitrogen and oxygen atoms in total. The third-order valence-electron chi connectivity index (χ3n) is 4.42. The molecule has 0 aromatic carbocycles. The monoisotopic (exact) mass is 365 g/mol. The highest BCUT2D eigenvalue weighted by molar-refractivity contribution is 5.80. The number of likely N-dealkylation sites (tertiary alicyclic amines) is 1. The molecule has 7 heteroatoms. The molecule has 0 aliphatic carbocycles. The lowest BCUT2D eigenvalue weighted by molar-refractivity contribution is 0.0300. The molecule has 2 N–H and O–H groups in total. The average molecular weight is 366 g/mol. The van der Waals surface area contributed by atoms with E-state index in [0.29, 0.717) is 31.6 Å². The number of guanidine groups is 1. The fourth-order valence-corrected chi connectivity index (χ4v) is 3.21. The van der Waals surface area contributed by atoms with Gasteiger partial charge >= 0.3 is 0 Å². The molecule has 1 fully saturated rings. The summed E-state index contributed by atoms with van der Waals surface area (Å²) in [5, 5.41) is 17.7. The second-order valence-electron chi connectivity index (χ2n) is 7.61. The maximum atomic E-state index is 10.1. The van der Waals surface area contributed by atoms with Crippen molar-refractivity contribution in [3.8, 4) is 0 Å². The van der Waals surface area contributed by atoms with E-state index in [4.69, 9.17) is 4.74 Å². The van der Waals surface area contributed by atoms with Crippen LogP contribution in [0.4, 0.5) is 0 Å². The number of aliphatic imine (C=N–C) groups is 1. The van der Waals surface area contributed by atoms with E-state index in [1.807, 2.05) is 17.9 Å². The lowest BCUT2D eigenvalue weighted by Gasteiger charge is -2.22. The molecule has 2 rings (SSSR count). The minimum atomic E-state index is -0.559. The van der Waals surface area contributed by atoms with Crippen molar-refractivity contribution in [2.24, 2.45) is 23.9 Å². The van der Waals surface area contributed by atoms with E-state index in [-0.39, 0.29) is 0 Å². The van der Waals surface area contributed by atoms with Crippen LogP contribution < -0.4 is 5.32 Å². The largest absolute Gasteiger partial charge is 0.389 e. The van der Waals surface area contributed by atoms with Crippen LogP contribution >= 0.6 is 0 Å². The zero-order valence-corrected chi connectivity index (χ0v) is 16.7. The molecule has 0 saturated carbocycles. The van der Waals surface area contributed by atoms with Gasteiger partial charge in [0, 0.05) is 39.5 Å². The Kier molecular flexibility index (Phi) is 8.38. The summed E-state index contributed by atoms with van der Waals surface area (Å²) in [6.07, 6.45) is 5.69. The van der Waals surface area contributed by atoms with Gasteiger partial charge in [-0.1, -0.05) is 13.8 Å². The van der Waals surface area contributed by atoms with Crippen LogP contribution in [0, 0.1) is 11.8 Å². The van der Waals surface area contributed by atoms with Crippen molar-refractivity contribution in [1.82, 2.24) is 20.0 Å². The van der Waals surface area contributed by atoms with Gasteiger partial charge in [0.2, 0.25) is 0 Å². The molecular formula is C19H35N5O2. The summed E-state index contributed by atoms with van der Waals surface area (Å²) in [6.45, 7) is 10.4. The first-order chi connectivity index (χ1) is 12.5. The minimum absolute atomic E-state index is 0.338. The van der Waals surface area contributed by atoms with Gasteiger partial charge in [-0.15, -0.1) is 0 Å². The predicted octanol–water partition coefficient (Wildman–Crippen LogP) is 1.28. The van der Waals surface area contributed by atoms with Crippen LogP contribution in [0.15, 0.2) is 17.4 Å². The van der Waals surface area contributed by atoms with E-state index in [0.717, 1.165) is 38.4 Å². The van der Waals surface area contributed by atoms with Crippen LogP contribution in [0.25, 0.3) is 0 Å². The van der Waals surface area contributed by atoms with Gasteiger partial charge < -0.3 is 20.1 Å². The Balaban J connectivity index is 1.82. The molecule has 1 aromatic rings. The first kappa shape index (κ1) is 20.7. The first-order valence-electron chi connectivity index (χ1n) is 9.74. The molecule has 1 aliphatic heterocycles. The molecule has 0 bridgehead atoms. The molecule has 1 saturated heterocycles. The highest BCUT2D eigenvalue weighted by Crippen LogP contribution is 2.20. The molecular weight excluding hydrogens is 330 g/mol. The summed E-state index contributed by atoms with van der Waals surface area (Å²) in [4.78, 5) is 6.92. The summed E-state index contributed by atoms with van der Waals surface area (Å²) >= 11 is 0. The van der Waals surface area contributed by atoms with Crippen LogP contribution in [0.5, 0.6) is 0 Å². The lowest BCUT2D eigenvalue weighted by atomic mass is 10.0. The maximum Gasteiger partial charge on any atom is 0.194 e. The number of hydrogen-bond acceptors (Lipinski definition) is 4. The summed E-state index contributed by atoms with van der Waals surface area (Å²) in [5.74, 6) is 1.98. The van der Waals surface area contributed by atoms with E-state index in [2.05, 4.69) is 47.3 Å². The molecule has 2 atom stereocenters. The van der Waals surface area contributed by atoms with Crippen LogP contribution in [0.3, 0.4) is 0 Å². The van der Waals surface area contributed by atoms with Crippen molar-refractivity contribution in [2.45, 2.75) is 39.7 Å². The van der Waals surface area contributed by atoms with E-state index < -0.39 is 6.10 Å². The van der Waals surface area contributed by atoms with E-state index in [9.17, 15) is 5.11 Å². The summed E-state index contributed by atoms with van der Waals surface area (Å²) in [6, 6.07) is 0. The van der Waals surface area contributed by atoms with Gasteiger partial charge in [0.25, 0.3) is 0 Å². The highest BCUT2D eigenvalue weighted by Gasteiger charge is 2.25. The number of nitrogens with zero attached hydrogens (tertiary/aromatic N) is 4. The van der Waals surface area contributed by atoms with Crippen molar-refractivity contribution < 1.29 is 9.84 Å². The van der Waals surface area contributed by atoms with E-state index in [1.54, 1.807) is 0 Å². The fraction of sp³-hybridized carbons (Fsp3) is 0.789. The molecule has 0 spiro atoms. The molecule has 2 heterocycles. The Bertz CT molecular complexity index is 558. The Morgan fingerprint density at radius 1 is 1.46 bits per heavy atom. The van der Waals surface area contributed by atoms with Crippen LogP contribution in [-0.2, 0) is 18.2 Å². The van der Waals surface area contributed by atoms with Gasteiger partial charge in [0.05, 0.1) is 25.5 Å². The number of rotatable bonds is 9. The molecule has 1 aliphatic rings. The van der Waals surface area contributed by atoms with E-state index >= 15 is 0 Å². The normalized spacial score (nSPS) is 19.4. The molecule has 148 valence electrons. The number of aliphatic hydroxyl groups excluding tert-OH is 1. The SMILES string of the molecule is CCNC(=NCC(O)COCC(C)C)N1CCC(Cc2cnn(C)c2)C1. The lowest BCUT2D eigenvalue weighted by Crippen LogP contribution is -2.41. The molecule has 2 unspecified atom stereocenters.